The molecule has 3 aliphatic rings. The second kappa shape index (κ2) is 11.9. The Bertz CT molecular complexity index is 1590. The molecule has 0 radical (unpaired) electrons. The van der Waals surface area contributed by atoms with Crippen molar-refractivity contribution in [3.63, 3.8) is 0 Å². The molecule has 2 fully saturated rings. The van der Waals surface area contributed by atoms with E-state index in [1.165, 1.54) is 9.80 Å². The monoisotopic (exact) mass is 618 g/mol. The van der Waals surface area contributed by atoms with E-state index in [0.717, 1.165) is 22.0 Å². The molecule has 1 atom stereocenters. The number of imide groups is 1. The predicted octanol–water partition coefficient (Wildman–Crippen LogP) is 5.00. The molecule has 1 aromatic heterocycles. The number of nitrogens with one attached hydrogen (secondary N) is 1. The molecule has 10 nitrogen and oxygen atoms in total. The van der Waals surface area contributed by atoms with Crippen LogP contribution in [0.1, 0.15) is 57.6 Å². The second-order valence-corrected chi connectivity index (χ2v) is 13.8. The van der Waals surface area contributed by atoms with Crippen LogP contribution in [0.5, 0.6) is 0 Å². The van der Waals surface area contributed by atoms with Crippen molar-refractivity contribution in [1.82, 2.24) is 24.9 Å². The van der Waals surface area contributed by atoms with Crippen LogP contribution >= 0.6 is 11.6 Å². The lowest BCUT2D eigenvalue weighted by Gasteiger charge is -2.37. The van der Waals surface area contributed by atoms with Crippen LogP contribution in [-0.4, -0.2) is 80.9 Å². The van der Waals surface area contributed by atoms with Crippen molar-refractivity contribution in [2.24, 2.45) is 11.3 Å². The van der Waals surface area contributed by atoms with Crippen molar-refractivity contribution in [3.05, 3.63) is 58.7 Å². The fourth-order valence-corrected chi connectivity index (χ4v) is 7.14. The van der Waals surface area contributed by atoms with Gasteiger partial charge in [0.05, 0.1) is 16.7 Å². The summed E-state index contributed by atoms with van der Waals surface area (Å²) < 4.78 is 0. The number of hydrogen-bond acceptors (Lipinski definition) is 5. The Hall–Kier alpha value is -3.92. The van der Waals surface area contributed by atoms with Crippen LogP contribution in [0.4, 0.5) is 10.5 Å². The normalized spacial score (nSPS) is 20.4. The maximum Gasteiger partial charge on any atom is 0.331 e. The molecule has 11 heteroatoms. The highest BCUT2D eigenvalue weighted by atomic mass is 35.5. The molecule has 0 bridgehead atoms. The molecule has 0 saturated carbocycles. The number of aromatic nitrogens is 2. The number of likely N-dealkylation sites (tertiary alicyclic amines) is 1. The van der Waals surface area contributed by atoms with Gasteiger partial charge >= 0.3 is 6.03 Å². The van der Waals surface area contributed by atoms with Gasteiger partial charge < -0.3 is 9.80 Å². The van der Waals surface area contributed by atoms with Crippen LogP contribution in [0.3, 0.4) is 0 Å². The zero-order valence-electron chi connectivity index (χ0n) is 25.5. The fraction of sp³-hybridized carbons (Fsp3) is 0.485. The molecule has 6 rings (SSSR count). The van der Waals surface area contributed by atoms with Gasteiger partial charge in [0, 0.05) is 55.6 Å². The fourth-order valence-electron chi connectivity index (χ4n) is 6.87. The van der Waals surface area contributed by atoms with E-state index in [2.05, 4.69) is 31.0 Å². The molecule has 4 heterocycles. The molecule has 0 aliphatic carbocycles. The van der Waals surface area contributed by atoms with Gasteiger partial charge in [-0.3, -0.25) is 29.3 Å². The quantitative estimate of drug-likeness (QED) is 0.405. The minimum Gasteiger partial charge on any atom is -0.343 e. The number of carbonyl (C=O) groups is 4. The largest absolute Gasteiger partial charge is 0.343 e. The van der Waals surface area contributed by atoms with Crippen LogP contribution < -0.4 is 4.90 Å². The van der Waals surface area contributed by atoms with Crippen LogP contribution in [0.15, 0.2) is 42.6 Å². The highest BCUT2D eigenvalue weighted by molar-refractivity contribution is 6.35. The Morgan fingerprint density at radius 3 is 2.48 bits per heavy atom. The summed E-state index contributed by atoms with van der Waals surface area (Å²) in [5.41, 5.74) is 3.48. The Morgan fingerprint density at radius 2 is 1.77 bits per heavy atom. The minimum atomic E-state index is -0.448. The lowest BCUT2D eigenvalue weighted by molar-refractivity contribution is -0.144. The number of benzene rings is 2. The van der Waals surface area contributed by atoms with Gasteiger partial charge in [-0.05, 0) is 60.4 Å². The molecule has 44 heavy (non-hydrogen) atoms. The maximum absolute atomic E-state index is 14.0. The van der Waals surface area contributed by atoms with Gasteiger partial charge in [0.1, 0.15) is 6.54 Å². The summed E-state index contributed by atoms with van der Waals surface area (Å²) >= 11 is 6.58. The third-order valence-electron chi connectivity index (χ3n) is 9.00. The van der Waals surface area contributed by atoms with E-state index >= 15 is 0 Å². The number of urea groups is 1. The Balaban J connectivity index is 1.13. The van der Waals surface area contributed by atoms with E-state index in [1.54, 1.807) is 11.1 Å². The van der Waals surface area contributed by atoms with E-state index in [9.17, 15) is 19.2 Å². The Morgan fingerprint density at radius 1 is 1.05 bits per heavy atom. The average Bonchev–Trinajstić information content (AvgIpc) is 3.60. The second-order valence-electron chi connectivity index (χ2n) is 13.4. The highest BCUT2D eigenvalue weighted by Gasteiger charge is 2.43. The van der Waals surface area contributed by atoms with Gasteiger partial charge in [0.25, 0.3) is 5.91 Å². The summed E-state index contributed by atoms with van der Waals surface area (Å²) in [5, 5.41) is 8.71. The summed E-state index contributed by atoms with van der Waals surface area (Å²) in [6, 6.07) is 10.6. The van der Waals surface area contributed by atoms with Crippen LogP contribution in [0.2, 0.25) is 5.02 Å². The van der Waals surface area contributed by atoms with Crippen molar-refractivity contribution in [1.29, 1.82) is 0 Å². The molecule has 232 valence electrons. The number of piperidine rings is 1. The van der Waals surface area contributed by atoms with Crippen molar-refractivity contribution in [3.8, 4) is 0 Å². The molecule has 0 spiro atoms. The van der Waals surface area contributed by atoms with E-state index in [-0.39, 0.29) is 48.2 Å². The first kappa shape index (κ1) is 30.1. The lowest BCUT2D eigenvalue weighted by atomic mass is 9.87. The average molecular weight is 619 g/mol. The third kappa shape index (κ3) is 5.92. The number of aryl methyl sites for hydroxylation is 1. The summed E-state index contributed by atoms with van der Waals surface area (Å²) in [4.78, 5) is 60.2. The number of hydrogen-bond donors (Lipinski definition) is 1. The summed E-state index contributed by atoms with van der Waals surface area (Å²) in [7, 11) is 0. The number of rotatable bonds is 5. The molecule has 0 unspecified atom stereocenters. The number of fused-ring (bicyclic) bond motifs is 3. The smallest absolute Gasteiger partial charge is 0.331 e. The standard InChI is InChI=1S/C33H39ClN6O4/c1-33(2,3)20-38-18-26-21(15-27(34)30-25(26)17-35-36-30)9-10-22(31(38)43)16-28(41)37-13-11-24(12-14-37)40-29(42)19-39(32(40)44)23-7-5-4-6-8-23/h4-8,15,17,22,24H,9-14,16,18-20H2,1-3H3,(H,35,36)/t22-/m0/s1. The van der Waals surface area contributed by atoms with Gasteiger partial charge in [-0.15, -0.1) is 0 Å². The van der Waals surface area contributed by atoms with Crippen molar-refractivity contribution in [2.75, 3.05) is 31.1 Å². The number of carbonyl (C=O) groups excluding carboxylic acids is 4. The topological polar surface area (TPSA) is 110 Å². The number of amides is 5. The molecule has 1 N–H and O–H groups in total. The third-order valence-corrected chi connectivity index (χ3v) is 9.30. The number of H-pyrrole nitrogens is 1. The van der Waals surface area contributed by atoms with Gasteiger partial charge in [0.15, 0.2) is 0 Å². The first-order valence-electron chi connectivity index (χ1n) is 15.4. The molecular weight excluding hydrogens is 580 g/mol. The maximum atomic E-state index is 14.0. The predicted molar refractivity (Wildman–Crippen MR) is 168 cm³/mol. The molecule has 2 saturated heterocycles. The molecular formula is C33H39ClN6O4. The minimum absolute atomic E-state index is 0.00494. The highest BCUT2D eigenvalue weighted by Crippen LogP contribution is 2.35. The van der Waals surface area contributed by atoms with Crippen LogP contribution in [0.25, 0.3) is 10.9 Å². The summed E-state index contributed by atoms with van der Waals surface area (Å²) in [6.07, 6.45) is 4.13. The van der Waals surface area contributed by atoms with Crippen molar-refractivity contribution >= 4 is 51.9 Å². The number of halogens is 1. The van der Waals surface area contributed by atoms with Gasteiger partial charge in [-0.2, -0.15) is 5.10 Å². The molecule has 2 aromatic carbocycles. The Kier molecular flexibility index (Phi) is 8.13. The van der Waals surface area contributed by atoms with Crippen molar-refractivity contribution in [2.45, 2.75) is 65.5 Å². The summed E-state index contributed by atoms with van der Waals surface area (Å²) in [5.74, 6) is -0.729. The van der Waals surface area contributed by atoms with E-state index in [1.807, 2.05) is 41.3 Å². The van der Waals surface area contributed by atoms with E-state index in [0.29, 0.717) is 62.6 Å². The number of anilines is 1. The van der Waals surface area contributed by atoms with Gasteiger partial charge in [-0.1, -0.05) is 50.6 Å². The lowest BCUT2D eigenvalue weighted by Crippen LogP contribution is -2.50. The molecule has 3 aromatic rings. The number of aromatic amines is 1. The first-order valence-corrected chi connectivity index (χ1v) is 15.8. The number of para-hydroxylation sites is 1. The van der Waals surface area contributed by atoms with Crippen LogP contribution in [0, 0.1) is 11.3 Å². The summed E-state index contributed by atoms with van der Waals surface area (Å²) in [6.45, 7) is 8.22. The zero-order valence-corrected chi connectivity index (χ0v) is 26.3. The van der Waals surface area contributed by atoms with E-state index in [4.69, 9.17) is 11.6 Å². The van der Waals surface area contributed by atoms with Crippen molar-refractivity contribution < 1.29 is 19.2 Å². The molecule has 5 amide bonds. The van der Waals surface area contributed by atoms with Gasteiger partial charge in [-0.25, -0.2) is 4.79 Å². The SMILES string of the molecule is CC(C)(C)CN1Cc2c(cc(Cl)c3[nH]ncc23)CC[C@@H](CC(=O)N2CCC(N3C(=O)CN(c4ccccc4)C3=O)CC2)C1=O. The Labute approximate surface area is 262 Å². The van der Waals surface area contributed by atoms with Crippen LogP contribution in [-0.2, 0) is 27.3 Å². The van der Waals surface area contributed by atoms with E-state index < -0.39 is 5.92 Å². The van der Waals surface area contributed by atoms with Gasteiger partial charge in [0.2, 0.25) is 11.8 Å². The first-order chi connectivity index (χ1) is 21.0. The zero-order chi connectivity index (χ0) is 31.2. The number of nitrogens with zero attached hydrogens (tertiary/aromatic N) is 5. The molecule has 3 aliphatic heterocycles.